The molecule has 0 aliphatic carbocycles. The first-order chi connectivity index (χ1) is 3.63. The van der Waals surface area contributed by atoms with Crippen LogP contribution in [0.25, 0.3) is 0 Å². The molecule has 0 saturated carbocycles. The fourth-order valence-electron chi connectivity index (χ4n) is 0.268. The first-order valence-electron chi connectivity index (χ1n) is 2.68. The van der Waals surface area contributed by atoms with E-state index in [1.807, 2.05) is 26.8 Å². The molecule has 0 aromatic carbocycles. The van der Waals surface area contributed by atoms with E-state index in [0.717, 1.165) is 5.57 Å². The molecular weight excluding hydrogens is 110 g/mol. The summed E-state index contributed by atoms with van der Waals surface area (Å²) < 4.78 is 0. The van der Waals surface area contributed by atoms with E-state index in [1.54, 1.807) is 0 Å². The zero-order chi connectivity index (χ0) is 6.57. The van der Waals surface area contributed by atoms with E-state index in [-0.39, 0.29) is 37.7 Å². The summed E-state index contributed by atoms with van der Waals surface area (Å²) in [5.74, 6) is 0. The molecule has 0 fully saturated rings. The van der Waals surface area contributed by atoms with Crippen LogP contribution in [0.5, 0.6) is 0 Å². The minimum Gasteiger partial charge on any atom is -0.505 e. The topological polar surface area (TPSA) is 0 Å². The van der Waals surface area contributed by atoms with Gasteiger partial charge in [-0.15, -0.1) is 12.5 Å². The molecular formula is C8H12Li2. The summed E-state index contributed by atoms with van der Waals surface area (Å²) in [7, 11) is 0. The Labute approximate surface area is 88.5 Å². The predicted molar refractivity (Wildman–Crippen MR) is 37.2 cm³/mol. The van der Waals surface area contributed by atoms with Crippen LogP contribution in [-0.2, 0) is 0 Å². The molecule has 0 aliphatic rings. The fourth-order valence-corrected chi connectivity index (χ4v) is 0.268. The summed E-state index contributed by atoms with van der Waals surface area (Å²) in [5.41, 5.74) is 2.24. The van der Waals surface area contributed by atoms with Crippen LogP contribution in [0.3, 0.4) is 0 Å². The van der Waals surface area contributed by atoms with Crippen LogP contribution in [-0.4, -0.2) is 0 Å². The molecule has 10 heavy (non-hydrogen) atoms. The molecule has 0 atom stereocenters. The van der Waals surface area contributed by atoms with Crippen LogP contribution in [0.2, 0.25) is 0 Å². The Morgan fingerprint density at radius 3 is 1.70 bits per heavy atom. The van der Waals surface area contributed by atoms with Gasteiger partial charge in [0.25, 0.3) is 0 Å². The maximum Gasteiger partial charge on any atom is 1.00 e. The third kappa shape index (κ3) is 15.8. The molecule has 0 heterocycles. The van der Waals surface area contributed by atoms with Gasteiger partial charge in [-0.1, -0.05) is 0 Å². The molecule has 0 nitrogen and oxygen atoms in total. The molecule has 0 N–H and O–H groups in total. The third-order valence-electron chi connectivity index (χ3n) is 0.607. The van der Waals surface area contributed by atoms with Gasteiger partial charge in [-0.2, -0.15) is 0 Å². The molecule has 2 heteroatoms. The van der Waals surface area contributed by atoms with E-state index < -0.39 is 0 Å². The molecule has 0 unspecified atom stereocenters. The van der Waals surface area contributed by atoms with Gasteiger partial charge >= 0.3 is 37.7 Å². The Hall–Kier alpha value is 0.545. The van der Waals surface area contributed by atoms with Crippen LogP contribution >= 0.6 is 0 Å². The van der Waals surface area contributed by atoms with Gasteiger partial charge in [-0.3, -0.25) is 0 Å². The Kier molecular flexibility index (Phi) is 16.1. The summed E-state index contributed by atoms with van der Waals surface area (Å²) in [6, 6.07) is 0. The Morgan fingerprint density at radius 2 is 1.60 bits per heavy atom. The largest absolute Gasteiger partial charge is 1.00 e. The van der Waals surface area contributed by atoms with Crippen molar-refractivity contribution in [2.75, 3.05) is 0 Å². The fraction of sp³-hybridized carbons (Fsp3) is 0.375. The van der Waals surface area contributed by atoms with Gasteiger partial charge in [0.2, 0.25) is 0 Å². The van der Waals surface area contributed by atoms with E-state index in [1.165, 1.54) is 5.57 Å². The number of hydrogen-bond acceptors (Lipinski definition) is 0. The van der Waals surface area contributed by atoms with Crippen LogP contribution < -0.4 is 37.7 Å². The summed E-state index contributed by atoms with van der Waals surface area (Å²) in [5, 5.41) is 0. The van der Waals surface area contributed by atoms with Gasteiger partial charge in [0.1, 0.15) is 0 Å². The summed E-state index contributed by atoms with van der Waals surface area (Å²) in [6.45, 7) is 9.68. The van der Waals surface area contributed by atoms with E-state index in [2.05, 4.69) is 13.0 Å². The van der Waals surface area contributed by atoms with Crippen molar-refractivity contribution in [3.8, 4) is 0 Å². The standard InChI is InChI=1S/C8H12.2Li/c1-7(2)5-6-8(3)4;;/h6H,1H2,2-4H3;;/q-2;2*+1. The molecule has 46 valence electrons. The van der Waals surface area contributed by atoms with Crippen molar-refractivity contribution in [3.63, 3.8) is 0 Å². The summed E-state index contributed by atoms with van der Waals surface area (Å²) in [6.07, 6.45) is 4.92. The van der Waals surface area contributed by atoms with Gasteiger partial charge in [-0.05, 0) is 13.8 Å². The van der Waals surface area contributed by atoms with E-state index >= 15 is 0 Å². The molecule has 0 bridgehead atoms. The summed E-state index contributed by atoms with van der Waals surface area (Å²) in [4.78, 5) is 0. The smallest absolute Gasteiger partial charge is 0.505 e. The number of hydrogen-bond donors (Lipinski definition) is 0. The van der Waals surface area contributed by atoms with E-state index in [4.69, 9.17) is 0 Å². The zero-order valence-electron chi connectivity index (χ0n) is 7.78. The van der Waals surface area contributed by atoms with Gasteiger partial charge in [0, 0.05) is 0 Å². The third-order valence-corrected chi connectivity index (χ3v) is 0.607. The van der Waals surface area contributed by atoms with Crippen molar-refractivity contribution in [2.45, 2.75) is 20.8 Å². The minimum atomic E-state index is 0. The monoisotopic (exact) mass is 122 g/mol. The first-order valence-corrected chi connectivity index (χ1v) is 2.68. The van der Waals surface area contributed by atoms with Crippen LogP contribution in [0.1, 0.15) is 20.8 Å². The Morgan fingerprint density at radius 1 is 1.20 bits per heavy atom. The van der Waals surface area contributed by atoms with Gasteiger partial charge in [0.15, 0.2) is 0 Å². The molecule has 0 rings (SSSR count). The van der Waals surface area contributed by atoms with Crippen molar-refractivity contribution in [1.29, 1.82) is 0 Å². The second-order valence-corrected chi connectivity index (χ2v) is 2.15. The predicted octanol–water partition coefficient (Wildman–Crippen LogP) is -3.46. The molecule has 0 aromatic rings. The quantitative estimate of drug-likeness (QED) is 0.193. The first kappa shape index (κ1) is 16.9. The van der Waals surface area contributed by atoms with Gasteiger partial charge < -0.3 is 18.6 Å². The van der Waals surface area contributed by atoms with Crippen LogP contribution in [0.4, 0.5) is 0 Å². The van der Waals surface area contributed by atoms with E-state index in [0.29, 0.717) is 0 Å². The maximum atomic E-state index is 3.67. The minimum absolute atomic E-state index is 0. The maximum absolute atomic E-state index is 3.67. The number of rotatable bonds is 1. The molecule has 0 radical (unpaired) electrons. The van der Waals surface area contributed by atoms with E-state index in [9.17, 15) is 0 Å². The number of allylic oxidation sites excluding steroid dienone is 4. The van der Waals surface area contributed by atoms with Crippen LogP contribution in [0, 0.1) is 13.0 Å². The SMILES string of the molecule is [CH2-]C(C)=[C-]C=C(C)C.[Li+].[Li+]. The Bertz CT molecular complexity index is 99.2. The Balaban J connectivity index is -0.000000245. The molecule has 0 spiro atoms. The molecule has 0 amide bonds. The summed E-state index contributed by atoms with van der Waals surface area (Å²) >= 11 is 0. The van der Waals surface area contributed by atoms with Crippen molar-refractivity contribution in [1.82, 2.24) is 0 Å². The van der Waals surface area contributed by atoms with Crippen molar-refractivity contribution in [3.05, 3.63) is 30.2 Å². The van der Waals surface area contributed by atoms with Crippen LogP contribution in [0.15, 0.2) is 17.2 Å². The van der Waals surface area contributed by atoms with Gasteiger partial charge in [0.05, 0.1) is 0 Å². The zero-order valence-corrected chi connectivity index (χ0v) is 7.78. The average molecular weight is 122 g/mol. The molecule has 0 aromatic heterocycles. The van der Waals surface area contributed by atoms with Crippen molar-refractivity contribution >= 4 is 0 Å². The second kappa shape index (κ2) is 9.54. The second-order valence-electron chi connectivity index (χ2n) is 2.15. The van der Waals surface area contributed by atoms with Crippen molar-refractivity contribution < 1.29 is 37.7 Å². The molecule has 0 aliphatic heterocycles. The average Bonchev–Trinajstić information content (AvgIpc) is 1.61. The molecule has 0 saturated heterocycles. The van der Waals surface area contributed by atoms with Crippen molar-refractivity contribution in [2.24, 2.45) is 0 Å². The van der Waals surface area contributed by atoms with Gasteiger partial charge in [-0.25, -0.2) is 6.08 Å². The normalized spacial score (nSPS) is 8.90.